The molecule has 1 aromatic rings. The fourth-order valence-electron chi connectivity index (χ4n) is 4.58. The molecule has 2 heterocycles. The van der Waals surface area contributed by atoms with Gasteiger partial charge in [-0.1, -0.05) is 30.3 Å². The summed E-state index contributed by atoms with van der Waals surface area (Å²) in [6, 6.07) is 9.56. The van der Waals surface area contributed by atoms with Crippen molar-refractivity contribution in [3.05, 3.63) is 35.9 Å². The van der Waals surface area contributed by atoms with Crippen LogP contribution in [0.2, 0.25) is 0 Å². The number of rotatable bonds is 4. The maximum Gasteiger partial charge on any atom is 0.253 e. The van der Waals surface area contributed by atoms with Crippen molar-refractivity contribution in [1.29, 1.82) is 0 Å². The van der Waals surface area contributed by atoms with Crippen molar-refractivity contribution in [2.24, 2.45) is 16.8 Å². The molecule has 0 bridgehead atoms. The maximum absolute atomic E-state index is 12.8. The van der Waals surface area contributed by atoms with Gasteiger partial charge in [0.15, 0.2) is 0 Å². The van der Waals surface area contributed by atoms with E-state index in [1.54, 1.807) is 4.90 Å². The van der Waals surface area contributed by atoms with Crippen LogP contribution < -0.4 is 5.32 Å². The molecule has 1 aromatic carbocycles. The normalized spacial score (nSPS) is 29.7. The number of sulfone groups is 1. The molecule has 2 fully saturated rings. The van der Waals surface area contributed by atoms with Gasteiger partial charge in [-0.25, -0.2) is 8.42 Å². The van der Waals surface area contributed by atoms with E-state index >= 15 is 0 Å². The molecular weight excluding hydrogens is 366 g/mol. The summed E-state index contributed by atoms with van der Waals surface area (Å²) in [7, 11) is -3.17. The molecule has 3 aliphatic rings. The average Bonchev–Trinajstić information content (AvgIpc) is 3.29. The monoisotopic (exact) mass is 389 g/mol. The Morgan fingerprint density at radius 2 is 2.04 bits per heavy atom. The summed E-state index contributed by atoms with van der Waals surface area (Å²) in [5, 5.41) is 2.93. The van der Waals surface area contributed by atoms with Gasteiger partial charge in [-0.3, -0.25) is 14.6 Å². The van der Waals surface area contributed by atoms with Crippen molar-refractivity contribution in [3.8, 4) is 0 Å². The summed E-state index contributed by atoms with van der Waals surface area (Å²) in [5.74, 6) is 0.440. The molecule has 1 spiro atoms. The highest BCUT2D eigenvalue weighted by atomic mass is 32.2. The number of carbonyl (C=O) groups excluding carboxylic acids is 2. The van der Waals surface area contributed by atoms with E-state index in [9.17, 15) is 18.0 Å². The summed E-state index contributed by atoms with van der Waals surface area (Å²) in [4.78, 5) is 31.8. The van der Waals surface area contributed by atoms with Crippen LogP contribution >= 0.6 is 0 Å². The van der Waals surface area contributed by atoms with Crippen molar-refractivity contribution < 1.29 is 18.0 Å². The number of carbonyl (C=O) groups is 2. The fraction of sp³-hybridized carbons (Fsp3) is 0.526. The van der Waals surface area contributed by atoms with E-state index in [0.717, 1.165) is 18.2 Å². The van der Waals surface area contributed by atoms with Crippen molar-refractivity contribution in [2.75, 3.05) is 25.1 Å². The molecule has 1 saturated carbocycles. The number of likely N-dealkylation sites (tertiary alicyclic amines) is 1. The van der Waals surface area contributed by atoms with E-state index in [1.165, 1.54) is 0 Å². The standard InChI is InChI=1S/C19H23N3O4S/c1-27(25,26)10-8-16(23)22-11-14-7-9-19(15(14)12-22)18(24)20-17(21-19)13-5-3-2-4-6-13/h2-6,14-15H,7-12H2,1H3,(H,20,21,24)/t14-,15+,19-/m1/s1. The van der Waals surface area contributed by atoms with Crippen LogP contribution in [-0.4, -0.2) is 61.6 Å². The van der Waals surface area contributed by atoms with Gasteiger partial charge in [-0.15, -0.1) is 0 Å². The Kier molecular flexibility index (Phi) is 4.33. The number of aliphatic imine (C=N–C) groups is 1. The van der Waals surface area contributed by atoms with Crippen molar-refractivity contribution in [3.63, 3.8) is 0 Å². The van der Waals surface area contributed by atoms with Crippen LogP contribution in [0, 0.1) is 11.8 Å². The first-order valence-electron chi connectivity index (χ1n) is 9.21. The molecule has 7 nitrogen and oxygen atoms in total. The summed E-state index contributed by atoms with van der Waals surface area (Å²) >= 11 is 0. The van der Waals surface area contributed by atoms with Gasteiger partial charge >= 0.3 is 0 Å². The molecule has 1 aliphatic carbocycles. The minimum atomic E-state index is -3.17. The third-order valence-electron chi connectivity index (χ3n) is 5.97. The first-order chi connectivity index (χ1) is 12.8. The predicted octanol–water partition coefficient (Wildman–Crippen LogP) is 0.605. The van der Waals surface area contributed by atoms with Gasteiger partial charge in [-0.05, 0) is 18.8 Å². The second kappa shape index (κ2) is 6.44. The Morgan fingerprint density at radius 3 is 2.74 bits per heavy atom. The SMILES string of the molecule is CS(=O)(=O)CCC(=O)N1C[C@H]2CC[C@@]3(N=C(c4ccccc4)NC3=O)[C@H]2C1. The molecule has 2 aliphatic heterocycles. The zero-order chi connectivity index (χ0) is 19.2. The number of fused-ring (bicyclic) bond motifs is 2. The molecule has 0 aromatic heterocycles. The summed E-state index contributed by atoms with van der Waals surface area (Å²) in [6.07, 6.45) is 2.67. The Hall–Kier alpha value is -2.22. The van der Waals surface area contributed by atoms with Crippen molar-refractivity contribution >= 4 is 27.5 Å². The number of amidine groups is 1. The summed E-state index contributed by atoms with van der Waals surface area (Å²) in [5.41, 5.74) is 0.0760. The van der Waals surface area contributed by atoms with Crippen LogP contribution in [0.25, 0.3) is 0 Å². The highest BCUT2D eigenvalue weighted by Crippen LogP contribution is 2.49. The van der Waals surface area contributed by atoms with Crippen LogP contribution in [0.15, 0.2) is 35.3 Å². The molecule has 144 valence electrons. The minimum absolute atomic E-state index is 0.00397. The molecule has 1 N–H and O–H groups in total. The molecule has 2 amide bonds. The van der Waals surface area contributed by atoms with Crippen LogP contribution in [0.1, 0.15) is 24.8 Å². The Balaban J connectivity index is 1.52. The first kappa shape index (κ1) is 18.2. The Morgan fingerprint density at radius 1 is 1.30 bits per heavy atom. The van der Waals surface area contributed by atoms with Gasteiger partial charge in [0.05, 0.1) is 5.75 Å². The average molecular weight is 389 g/mol. The Bertz CT molecular complexity index is 912. The third kappa shape index (κ3) is 3.26. The number of hydrogen-bond donors (Lipinski definition) is 1. The van der Waals surface area contributed by atoms with Crippen LogP contribution in [-0.2, 0) is 19.4 Å². The number of hydrogen-bond acceptors (Lipinski definition) is 5. The number of amides is 2. The lowest BCUT2D eigenvalue weighted by Gasteiger charge is -2.25. The zero-order valence-corrected chi connectivity index (χ0v) is 16.0. The lowest BCUT2D eigenvalue weighted by atomic mass is 9.85. The van der Waals surface area contributed by atoms with Gasteiger partial charge in [-0.2, -0.15) is 0 Å². The van der Waals surface area contributed by atoms with E-state index in [4.69, 9.17) is 4.99 Å². The van der Waals surface area contributed by atoms with Gasteiger partial charge in [0.2, 0.25) is 5.91 Å². The molecule has 8 heteroatoms. The van der Waals surface area contributed by atoms with Gasteiger partial charge in [0.1, 0.15) is 21.2 Å². The van der Waals surface area contributed by atoms with Gasteiger partial charge in [0.25, 0.3) is 5.91 Å². The summed E-state index contributed by atoms with van der Waals surface area (Å²) < 4.78 is 22.6. The predicted molar refractivity (Wildman–Crippen MR) is 101 cm³/mol. The molecular formula is C19H23N3O4S. The molecule has 0 unspecified atom stereocenters. The van der Waals surface area contributed by atoms with E-state index in [1.807, 2.05) is 30.3 Å². The first-order valence-corrected chi connectivity index (χ1v) is 11.3. The lowest BCUT2D eigenvalue weighted by molar-refractivity contribution is -0.131. The van der Waals surface area contributed by atoms with E-state index < -0.39 is 15.4 Å². The van der Waals surface area contributed by atoms with Gasteiger partial charge < -0.3 is 10.2 Å². The topological polar surface area (TPSA) is 95.9 Å². The molecule has 1 saturated heterocycles. The lowest BCUT2D eigenvalue weighted by Crippen LogP contribution is -2.45. The Labute approximate surface area is 158 Å². The highest BCUT2D eigenvalue weighted by Gasteiger charge is 2.59. The van der Waals surface area contributed by atoms with E-state index in [-0.39, 0.29) is 35.8 Å². The van der Waals surface area contributed by atoms with E-state index in [0.29, 0.717) is 25.3 Å². The van der Waals surface area contributed by atoms with Crippen molar-refractivity contribution in [1.82, 2.24) is 10.2 Å². The zero-order valence-electron chi connectivity index (χ0n) is 15.2. The molecule has 4 rings (SSSR count). The maximum atomic E-state index is 12.8. The smallest absolute Gasteiger partial charge is 0.253 e. The van der Waals surface area contributed by atoms with Crippen LogP contribution in [0.5, 0.6) is 0 Å². The largest absolute Gasteiger partial charge is 0.342 e. The molecule has 3 atom stereocenters. The minimum Gasteiger partial charge on any atom is -0.342 e. The van der Waals surface area contributed by atoms with Crippen molar-refractivity contribution in [2.45, 2.75) is 24.8 Å². The van der Waals surface area contributed by atoms with Crippen LogP contribution in [0.3, 0.4) is 0 Å². The number of nitrogens with one attached hydrogen (secondary N) is 1. The van der Waals surface area contributed by atoms with Crippen LogP contribution in [0.4, 0.5) is 0 Å². The fourth-order valence-corrected chi connectivity index (χ4v) is 5.12. The molecule has 0 radical (unpaired) electrons. The van der Waals surface area contributed by atoms with Gasteiger partial charge in [0, 0.05) is 37.2 Å². The number of benzene rings is 1. The highest BCUT2D eigenvalue weighted by molar-refractivity contribution is 7.90. The second-order valence-corrected chi connectivity index (χ2v) is 10.0. The quantitative estimate of drug-likeness (QED) is 0.816. The third-order valence-corrected chi connectivity index (χ3v) is 6.92. The molecule has 27 heavy (non-hydrogen) atoms. The van der Waals surface area contributed by atoms with E-state index in [2.05, 4.69) is 5.32 Å². The summed E-state index contributed by atoms with van der Waals surface area (Å²) in [6.45, 7) is 1.05. The number of nitrogens with zero attached hydrogens (tertiary/aromatic N) is 2. The second-order valence-electron chi connectivity index (χ2n) is 7.79.